The molecule has 0 nitrogen and oxygen atoms in total. The first-order valence-corrected chi connectivity index (χ1v) is 7.12. The summed E-state index contributed by atoms with van der Waals surface area (Å²) in [5.41, 5.74) is 7.75. The maximum absolute atomic E-state index is 2.49. The first-order chi connectivity index (χ1) is 7.69. The summed E-state index contributed by atoms with van der Waals surface area (Å²) in [7, 11) is 0. The summed E-state index contributed by atoms with van der Waals surface area (Å²) in [6.07, 6.45) is 12.7. The van der Waals surface area contributed by atoms with Gasteiger partial charge in [0.05, 0.1) is 0 Å². The Labute approximate surface area is 99.8 Å². The largest absolute Gasteiger partial charge is 0.0661 e. The summed E-state index contributed by atoms with van der Waals surface area (Å²) < 4.78 is 0. The molecule has 16 heavy (non-hydrogen) atoms. The number of hydrogen-bond acceptors (Lipinski definition) is 0. The second-order valence-electron chi connectivity index (χ2n) is 6.38. The molecule has 0 spiro atoms. The van der Waals surface area contributed by atoms with Gasteiger partial charge in [0.25, 0.3) is 0 Å². The van der Waals surface area contributed by atoms with Crippen molar-refractivity contribution in [1.82, 2.24) is 0 Å². The molecule has 0 saturated carbocycles. The van der Waals surface area contributed by atoms with Crippen LogP contribution in [0.5, 0.6) is 0 Å². The predicted molar refractivity (Wildman–Crippen MR) is 69.4 cm³/mol. The van der Waals surface area contributed by atoms with Crippen LogP contribution in [0.3, 0.4) is 0 Å². The maximum atomic E-state index is 2.49. The monoisotopic (exact) mass is 216 g/mol. The van der Waals surface area contributed by atoms with Gasteiger partial charge in [0.1, 0.15) is 0 Å². The van der Waals surface area contributed by atoms with E-state index in [0.29, 0.717) is 5.41 Å². The Morgan fingerprint density at radius 3 is 1.62 bits per heavy atom. The van der Waals surface area contributed by atoms with E-state index in [1.807, 2.05) is 22.3 Å². The summed E-state index contributed by atoms with van der Waals surface area (Å²) in [6.45, 7) is 4.99. The molecule has 0 aliphatic heterocycles. The molecular weight excluding hydrogens is 192 g/mol. The molecule has 0 aromatic rings. The molecule has 3 aliphatic carbocycles. The molecule has 0 N–H and O–H groups in total. The van der Waals surface area contributed by atoms with E-state index in [0.717, 1.165) is 0 Å². The molecule has 0 radical (unpaired) electrons. The van der Waals surface area contributed by atoms with Crippen molar-refractivity contribution < 1.29 is 0 Å². The van der Waals surface area contributed by atoms with Crippen LogP contribution in [0.25, 0.3) is 0 Å². The average Bonchev–Trinajstić information content (AvgIpc) is 2.29. The van der Waals surface area contributed by atoms with Gasteiger partial charge in [-0.15, -0.1) is 0 Å². The molecule has 0 aromatic carbocycles. The van der Waals surface area contributed by atoms with E-state index in [2.05, 4.69) is 13.8 Å². The fourth-order valence-electron chi connectivity index (χ4n) is 4.27. The van der Waals surface area contributed by atoms with E-state index < -0.39 is 0 Å². The third-order valence-corrected chi connectivity index (χ3v) is 5.10. The van der Waals surface area contributed by atoms with Gasteiger partial charge >= 0.3 is 0 Å². The van der Waals surface area contributed by atoms with Crippen LogP contribution < -0.4 is 0 Å². The summed E-state index contributed by atoms with van der Waals surface area (Å²) in [6, 6.07) is 0. The first-order valence-electron chi connectivity index (χ1n) is 7.12. The minimum absolute atomic E-state index is 0.420. The van der Waals surface area contributed by atoms with Gasteiger partial charge in [-0.25, -0.2) is 0 Å². The van der Waals surface area contributed by atoms with Crippen molar-refractivity contribution in [1.29, 1.82) is 0 Å². The van der Waals surface area contributed by atoms with E-state index in [1.54, 1.807) is 0 Å². The van der Waals surface area contributed by atoms with Crippen LogP contribution in [0.4, 0.5) is 0 Å². The maximum Gasteiger partial charge on any atom is 0.00695 e. The summed E-state index contributed by atoms with van der Waals surface area (Å²) in [4.78, 5) is 0. The quantitative estimate of drug-likeness (QED) is 0.491. The fourth-order valence-corrected chi connectivity index (χ4v) is 4.27. The Balaban J connectivity index is 2.02. The molecular formula is C16H24. The number of hydrogen-bond donors (Lipinski definition) is 0. The summed E-state index contributed by atoms with van der Waals surface area (Å²) in [5.74, 6) is 0. The third kappa shape index (κ3) is 1.49. The lowest BCUT2D eigenvalue weighted by Crippen LogP contribution is -2.28. The second-order valence-corrected chi connectivity index (χ2v) is 6.38. The summed E-state index contributed by atoms with van der Waals surface area (Å²) in [5, 5.41) is 0. The van der Waals surface area contributed by atoms with Crippen LogP contribution in [0.1, 0.15) is 71.6 Å². The van der Waals surface area contributed by atoms with Crippen molar-refractivity contribution in [2.75, 3.05) is 0 Å². The smallest absolute Gasteiger partial charge is 0.00695 e. The van der Waals surface area contributed by atoms with Gasteiger partial charge in [-0.05, 0) is 57.8 Å². The van der Waals surface area contributed by atoms with Crippen molar-refractivity contribution in [3.8, 4) is 0 Å². The Hall–Kier alpha value is -0.520. The van der Waals surface area contributed by atoms with Gasteiger partial charge in [0.2, 0.25) is 0 Å². The molecule has 0 amide bonds. The van der Waals surface area contributed by atoms with E-state index in [1.165, 1.54) is 57.8 Å². The van der Waals surface area contributed by atoms with Crippen molar-refractivity contribution in [2.45, 2.75) is 71.6 Å². The van der Waals surface area contributed by atoms with E-state index in [4.69, 9.17) is 0 Å². The Kier molecular flexibility index (Phi) is 2.49. The lowest BCUT2D eigenvalue weighted by atomic mass is 9.62. The Morgan fingerprint density at radius 1 is 0.688 bits per heavy atom. The predicted octanol–water partition coefficient (Wildman–Crippen LogP) is 5.16. The van der Waals surface area contributed by atoms with Crippen LogP contribution in [0.15, 0.2) is 22.3 Å². The van der Waals surface area contributed by atoms with Crippen molar-refractivity contribution in [2.24, 2.45) is 5.41 Å². The molecule has 0 fully saturated rings. The molecule has 0 heterocycles. The molecule has 3 rings (SSSR count). The highest BCUT2D eigenvalue weighted by Crippen LogP contribution is 2.52. The van der Waals surface area contributed by atoms with E-state index in [9.17, 15) is 0 Å². The minimum Gasteiger partial charge on any atom is -0.0661 e. The second kappa shape index (κ2) is 3.75. The van der Waals surface area contributed by atoms with Crippen LogP contribution in [0.2, 0.25) is 0 Å². The zero-order valence-electron chi connectivity index (χ0n) is 10.9. The molecule has 0 bridgehead atoms. The third-order valence-electron chi connectivity index (χ3n) is 5.10. The molecule has 0 aromatic heterocycles. The fraction of sp³-hybridized carbons (Fsp3) is 0.750. The van der Waals surface area contributed by atoms with E-state index >= 15 is 0 Å². The molecule has 0 atom stereocenters. The highest BCUT2D eigenvalue weighted by Gasteiger charge is 2.37. The number of rotatable bonds is 0. The topological polar surface area (TPSA) is 0 Å². The standard InChI is InChI=1S/C16H24/c1-16(2)14-9-5-3-7-12(14)11-13-8-4-6-10-15(13)16/h3-11H2,1-2H3. The van der Waals surface area contributed by atoms with Crippen LogP contribution in [-0.2, 0) is 0 Å². The SMILES string of the molecule is CC1(C)C2=C(CCCC2)CC2=C1CCCC2. The van der Waals surface area contributed by atoms with Crippen LogP contribution in [-0.4, -0.2) is 0 Å². The van der Waals surface area contributed by atoms with Crippen molar-refractivity contribution >= 4 is 0 Å². The van der Waals surface area contributed by atoms with Crippen molar-refractivity contribution in [3.63, 3.8) is 0 Å². The first kappa shape index (κ1) is 10.6. The van der Waals surface area contributed by atoms with Gasteiger partial charge in [-0.3, -0.25) is 0 Å². The van der Waals surface area contributed by atoms with E-state index in [-0.39, 0.29) is 0 Å². The number of allylic oxidation sites excluding steroid dienone is 4. The summed E-state index contributed by atoms with van der Waals surface area (Å²) >= 11 is 0. The Bertz CT molecular complexity index is 331. The minimum atomic E-state index is 0.420. The zero-order valence-corrected chi connectivity index (χ0v) is 10.9. The highest BCUT2D eigenvalue weighted by atomic mass is 14.4. The van der Waals surface area contributed by atoms with Gasteiger partial charge in [-0.1, -0.05) is 36.1 Å². The molecule has 0 heteroatoms. The van der Waals surface area contributed by atoms with Gasteiger partial charge in [-0.2, -0.15) is 0 Å². The molecule has 88 valence electrons. The van der Waals surface area contributed by atoms with Crippen LogP contribution >= 0.6 is 0 Å². The zero-order chi connectivity index (χ0) is 11.2. The lowest BCUT2D eigenvalue weighted by Gasteiger charge is -2.43. The molecule has 3 aliphatic rings. The van der Waals surface area contributed by atoms with Gasteiger partial charge in [0.15, 0.2) is 0 Å². The Morgan fingerprint density at radius 2 is 1.12 bits per heavy atom. The van der Waals surface area contributed by atoms with Crippen molar-refractivity contribution in [3.05, 3.63) is 22.3 Å². The van der Waals surface area contributed by atoms with Gasteiger partial charge < -0.3 is 0 Å². The molecule has 0 unspecified atom stereocenters. The lowest BCUT2D eigenvalue weighted by molar-refractivity contribution is 0.415. The molecule has 0 saturated heterocycles. The van der Waals surface area contributed by atoms with Crippen LogP contribution in [0, 0.1) is 5.41 Å². The average molecular weight is 216 g/mol. The van der Waals surface area contributed by atoms with Gasteiger partial charge in [0, 0.05) is 5.41 Å². The highest BCUT2D eigenvalue weighted by molar-refractivity contribution is 5.43. The normalized spacial score (nSPS) is 28.9.